The standard InChI is InChI=1S/C27H19FN3S/c28-21-17-15-20(16-18-21)26-25(19-9-3-1-4-10-19)27(32-22-11-5-2-6-12-22)31-29-23-13-7-8-14-24(23)30(26)31/h1-18,29H/q+1. The molecule has 0 fully saturated rings. The molecule has 2 aromatic heterocycles. The van der Waals surface area contributed by atoms with Crippen molar-refractivity contribution < 1.29 is 8.91 Å². The number of nitrogens with one attached hydrogen (secondary N) is 1. The first kappa shape index (κ1) is 18.9. The zero-order valence-corrected chi connectivity index (χ0v) is 17.9. The lowest BCUT2D eigenvalue weighted by Crippen LogP contribution is -2.28. The molecule has 0 amide bonds. The Morgan fingerprint density at radius 2 is 1.34 bits per heavy atom. The Morgan fingerprint density at radius 3 is 2.09 bits per heavy atom. The molecule has 154 valence electrons. The Bertz CT molecular complexity index is 1540. The van der Waals surface area contributed by atoms with Crippen LogP contribution >= 0.6 is 11.8 Å². The van der Waals surface area contributed by atoms with Gasteiger partial charge in [-0.25, -0.2) is 4.39 Å². The Morgan fingerprint density at radius 1 is 0.688 bits per heavy atom. The number of aromatic amines is 1. The van der Waals surface area contributed by atoms with Crippen LogP contribution in [-0.4, -0.2) is 9.73 Å². The van der Waals surface area contributed by atoms with Crippen LogP contribution in [0.4, 0.5) is 4.39 Å². The summed E-state index contributed by atoms with van der Waals surface area (Å²) in [6, 6.07) is 35.7. The number of nitrogens with zero attached hydrogens (tertiary/aromatic N) is 2. The minimum atomic E-state index is -0.242. The van der Waals surface area contributed by atoms with Crippen molar-refractivity contribution in [1.29, 1.82) is 0 Å². The number of fused-ring (bicyclic) bond motifs is 3. The lowest BCUT2D eigenvalue weighted by atomic mass is 10.0. The summed E-state index contributed by atoms with van der Waals surface area (Å²) in [5.74, 6) is -0.242. The van der Waals surface area contributed by atoms with Crippen LogP contribution in [0.2, 0.25) is 0 Å². The van der Waals surface area contributed by atoms with Crippen LogP contribution in [-0.2, 0) is 0 Å². The van der Waals surface area contributed by atoms with Crippen molar-refractivity contribution in [2.24, 2.45) is 0 Å². The van der Waals surface area contributed by atoms with E-state index in [1.807, 2.05) is 36.4 Å². The predicted molar refractivity (Wildman–Crippen MR) is 126 cm³/mol. The van der Waals surface area contributed by atoms with Crippen LogP contribution in [0.1, 0.15) is 0 Å². The molecule has 0 unspecified atom stereocenters. The first-order valence-corrected chi connectivity index (χ1v) is 11.2. The van der Waals surface area contributed by atoms with Gasteiger partial charge in [0, 0.05) is 10.5 Å². The van der Waals surface area contributed by atoms with Crippen LogP contribution in [0.25, 0.3) is 33.4 Å². The summed E-state index contributed by atoms with van der Waals surface area (Å²) in [4.78, 5) is 1.15. The SMILES string of the molecule is Fc1ccc(-c2c(-c3ccccc3)c(Sc3ccccc3)n3[nH]c4ccccc4[n+]23)cc1. The Labute approximate surface area is 188 Å². The van der Waals surface area contributed by atoms with Crippen LogP contribution < -0.4 is 4.52 Å². The van der Waals surface area contributed by atoms with Gasteiger partial charge in [-0.3, -0.25) is 0 Å². The van der Waals surface area contributed by atoms with Gasteiger partial charge in [0.15, 0.2) is 16.2 Å². The van der Waals surface area contributed by atoms with Crippen LogP contribution in [0, 0.1) is 5.82 Å². The number of hydrogen-bond donors (Lipinski definition) is 1. The number of H-pyrrole nitrogens is 1. The maximum Gasteiger partial charge on any atom is 0.202 e. The van der Waals surface area contributed by atoms with Gasteiger partial charge in [-0.05, 0) is 58.7 Å². The van der Waals surface area contributed by atoms with E-state index in [-0.39, 0.29) is 5.82 Å². The molecular formula is C27H19FN3S+. The van der Waals surface area contributed by atoms with Crippen molar-refractivity contribution in [3.8, 4) is 22.4 Å². The summed E-state index contributed by atoms with van der Waals surface area (Å²) in [5.41, 5.74) is 6.28. The smallest absolute Gasteiger partial charge is 0.202 e. The molecule has 0 radical (unpaired) electrons. The maximum absolute atomic E-state index is 13.8. The zero-order chi connectivity index (χ0) is 21.5. The van der Waals surface area contributed by atoms with Crippen LogP contribution in [0.5, 0.6) is 0 Å². The van der Waals surface area contributed by atoms with Crippen LogP contribution in [0.15, 0.2) is 119 Å². The highest BCUT2D eigenvalue weighted by atomic mass is 32.2. The Hall–Kier alpha value is -3.83. The van der Waals surface area contributed by atoms with Crippen molar-refractivity contribution in [2.75, 3.05) is 0 Å². The summed E-state index contributed by atoms with van der Waals surface area (Å²) in [6.07, 6.45) is 0. The fourth-order valence-corrected chi connectivity index (χ4v) is 5.18. The molecule has 1 N–H and O–H groups in total. The highest BCUT2D eigenvalue weighted by Gasteiger charge is 2.30. The second-order valence-corrected chi connectivity index (χ2v) is 8.63. The van der Waals surface area contributed by atoms with E-state index in [0.717, 1.165) is 43.3 Å². The molecule has 6 rings (SSSR count). The van der Waals surface area contributed by atoms with Gasteiger partial charge < -0.3 is 0 Å². The van der Waals surface area contributed by atoms with E-state index in [4.69, 9.17) is 0 Å². The number of hydrogen-bond acceptors (Lipinski definition) is 1. The minimum Gasteiger partial charge on any atom is -0.207 e. The molecule has 3 nitrogen and oxygen atoms in total. The van der Waals surface area contributed by atoms with E-state index in [1.54, 1.807) is 11.8 Å². The monoisotopic (exact) mass is 436 g/mol. The second-order valence-electron chi connectivity index (χ2n) is 7.57. The molecule has 32 heavy (non-hydrogen) atoms. The molecule has 0 aliphatic heterocycles. The molecule has 0 saturated carbocycles. The quantitative estimate of drug-likeness (QED) is 0.308. The second kappa shape index (κ2) is 7.70. The molecule has 0 saturated heterocycles. The van der Waals surface area contributed by atoms with E-state index in [9.17, 15) is 4.39 Å². The normalized spacial score (nSPS) is 11.4. The fourth-order valence-electron chi connectivity index (χ4n) is 4.13. The third-order valence-corrected chi connectivity index (χ3v) is 6.63. The van der Waals surface area contributed by atoms with Gasteiger partial charge in [0.1, 0.15) is 5.82 Å². The van der Waals surface area contributed by atoms with Gasteiger partial charge in [-0.15, -0.1) is 4.52 Å². The van der Waals surface area contributed by atoms with Crippen LogP contribution in [0.3, 0.4) is 0 Å². The largest absolute Gasteiger partial charge is 0.207 e. The zero-order valence-electron chi connectivity index (χ0n) is 17.1. The first-order chi connectivity index (χ1) is 15.8. The molecule has 2 heterocycles. The molecule has 0 spiro atoms. The Kier molecular flexibility index (Phi) is 4.55. The van der Waals surface area contributed by atoms with E-state index in [0.29, 0.717) is 0 Å². The number of halogens is 1. The van der Waals surface area contributed by atoms with Gasteiger partial charge in [-0.2, -0.15) is 5.10 Å². The topological polar surface area (TPSA) is 24.3 Å². The minimum absolute atomic E-state index is 0.242. The Balaban J connectivity index is 1.75. The predicted octanol–water partition coefficient (Wildman–Crippen LogP) is 6.63. The summed E-state index contributed by atoms with van der Waals surface area (Å²) >= 11 is 1.71. The summed E-state index contributed by atoms with van der Waals surface area (Å²) in [5, 5.41) is 4.63. The number of aromatic nitrogens is 3. The van der Waals surface area contributed by atoms with Gasteiger partial charge in [0.05, 0.1) is 5.56 Å². The van der Waals surface area contributed by atoms with Gasteiger partial charge in [-0.1, -0.05) is 72.4 Å². The van der Waals surface area contributed by atoms with Gasteiger partial charge in [0.2, 0.25) is 5.52 Å². The third kappa shape index (κ3) is 3.10. The first-order valence-electron chi connectivity index (χ1n) is 10.4. The molecule has 0 aliphatic carbocycles. The maximum atomic E-state index is 13.8. The third-order valence-electron chi connectivity index (χ3n) is 5.55. The molecule has 0 bridgehead atoms. The van der Waals surface area contributed by atoms with Crippen molar-refractivity contribution in [3.05, 3.63) is 115 Å². The van der Waals surface area contributed by atoms with E-state index in [1.165, 1.54) is 12.1 Å². The average molecular weight is 437 g/mol. The van der Waals surface area contributed by atoms with Gasteiger partial charge in [0.25, 0.3) is 0 Å². The van der Waals surface area contributed by atoms with E-state index < -0.39 is 0 Å². The van der Waals surface area contributed by atoms with Crippen molar-refractivity contribution >= 4 is 22.8 Å². The molecule has 5 heteroatoms. The lowest BCUT2D eigenvalue weighted by Gasteiger charge is -2.05. The number of rotatable bonds is 4. The van der Waals surface area contributed by atoms with E-state index >= 15 is 0 Å². The molecule has 6 aromatic rings. The van der Waals surface area contributed by atoms with Crippen molar-refractivity contribution in [2.45, 2.75) is 9.92 Å². The average Bonchev–Trinajstić information content (AvgIpc) is 3.36. The molecule has 0 atom stereocenters. The van der Waals surface area contributed by atoms with Gasteiger partial charge >= 0.3 is 0 Å². The summed E-state index contributed by atoms with van der Waals surface area (Å²) in [6.45, 7) is 0. The summed E-state index contributed by atoms with van der Waals surface area (Å²) in [7, 11) is 0. The molecule has 0 aliphatic rings. The highest BCUT2D eigenvalue weighted by molar-refractivity contribution is 7.99. The van der Waals surface area contributed by atoms with Crippen molar-refractivity contribution in [1.82, 2.24) is 9.73 Å². The highest BCUT2D eigenvalue weighted by Crippen LogP contribution is 2.41. The molecule has 4 aromatic carbocycles. The van der Waals surface area contributed by atoms with Crippen molar-refractivity contribution in [3.63, 3.8) is 0 Å². The molecular weight excluding hydrogens is 417 g/mol. The van der Waals surface area contributed by atoms with E-state index in [2.05, 4.69) is 74.9 Å². The summed E-state index contributed by atoms with van der Waals surface area (Å²) < 4.78 is 18.1. The lowest BCUT2D eigenvalue weighted by molar-refractivity contribution is -0.585. The fraction of sp³-hybridized carbons (Fsp3) is 0. The number of para-hydroxylation sites is 2. The number of benzene rings is 4.